The first-order chi connectivity index (χ1) is 24.0. The van der Waals surface area contributed by atoms with Crippen molar-refractivity contribution in [2.75, 3.05) is 13.1 Å². The second kappa shape index (κ2) is 18.8. The van der Waals surface area contributed by atoms with Crippen LogP contribution in [-0.4, -0.2) is 52.3 Å². The summed E-state index contributed by atoms with van der Waals surface area (Å²) in [5.41, 5.74) is 7.64. The number of nitrogens with one attached hydrogen (secondary N) is 2. The Morgan fingerprint density at radius 3 is 2.27 bits per heavy atom. The number of ether oxygens (including phenoxy) is 2. The summed E-state index contributed by atoms with van der Waals surface area (Å²) in [5.74, 6) is -0.436. The molecule has 4 N–H and O–H groups in total. The molecule has 3 unspecified atom stereocenters. The normalized spacial score (nSPS) is 19.5. The van der Waals surface area contributed by atoms with Crippen LogP contribution in [0.1, 0.15) is 98.9 Å². The molecule has 1 aliphatic heterocycles. The smallest absolute Gasteiger partial charge is 0.243 e. The summed E-state index contributed by atoms with van der Waals surface area (Å²) in [4.78, 5) is 26.2. The monoisotopic (exact) mass is 669 g/mol. The molecule has 0 bridgehead atoms. The fourth-order valence-corrected chi connectivity index (χ4v) is 6.96. The Labute approximate surface area is 290 Å². The van der Waals surface area contributed by atoms with Gasteiger partial charge in [-0.05, 0) is 53.5 Å². The maximum Gasteiger partial charge on any atom is 0.243 e. The van der Waals surface area contributed by atoms with E-state index in [4.69, 9.17) is 14.7 Å². The van der Waals surface area contributed by atoms with Crippen LogP contribution < -0.4 is 10.8 Å². The van der Waals surface area contributed by atoms with E-state index in [9.17, 15) is 14.7 Å². The molecule has 49 heavy (non-hydrogen) atoms. The molecule has 3 aromatic rings. The third-order valence-electron chi connectivity index (χ3n) is 9.68. The van der Waals surface area contributed by atoms with Crippen LogP contribution in [0.25, 0.3) is 11.1 Å². The van der Waals surface area contributed by atoms with Gasteiger partial charge in [-0.2, -0.15) is 0 Å². The van der Waals surface area contributed by atoms with Gasteiger partial charge >= 0.3 is 0 Å². The number of carbonyl (C=O) groups excluding carboxylic acids is 2. The van der Waals surface area contributed by atoms with Gasteiger partial charge in [0.2, 0.25) is 11.8 Å². The topological polar surface area (TPSA) is 120 Å². The van der Waals surface area contributed by atoms with Crippen LogP contribution >= 0.6 is 0 Å². The maximum absolute atomic E-state index is 12.5. The quantitative estimate of drug-likeness (QED) is 0.0535. The Hall–Kier alpha value is -3.86. The number of hydrogen-bond acceptors (Lipinski definition) is 7. The summed E-state index contributed by atoms with van der Waals surface area (Å²) < 4.78 is 13.3. The van der Waals surface area contributed by atoms with Crippen LogP contribution in [0.15, 0.2) is 85.5 Å². The van der Waals surface area contributed by atoms with Crippen molar-refractivity contribution in [2.45, 2.75) is 102 Å². The van der Waals surface area contributed by atoms with Crippen molar-refractivity contribution in [1.29, 1.82) is 0 Å². The predicted molar refractivity (Wildman–Crippen MR) is 189 cm³/mol. The highest BCUT2D eigenvalue weighted by atomic mass is 16.7. The van der Waals surface area contributed by atoms with Crippen molar-refractivity contribution in [3.63, 3.8) is 0 Å². The van der Waals surface area contributed by atoms with Crippen molar-refractivity contribution in [2.24, 2.45) is 0 Å². The van der Waals surface area contributed by atoms with Crippen LogP contribution in [0.4, 0.5) is 0 Å². The summed E-state index contributed by atoms with van der Waals surface area (Å²) in [7, 11) is 0. The van der Waals surface area contributed by atoms with Gasteiger partial charge in [-0.1, -0.05) is 98.1 Å². The molecule has 0 aromatic heterocycles. The molecular weight excluding hydrogens is 618 g/mol. The SMILES string of the molecule is C=CCN(CC1CC(c2ccc(CO)cc2)OC(c2ccc(-c3ccccc3CNC(=O)CCCCCC(=O)NO)cc2)O1)C1CCCC1. The average Bonchev–Trinajstić information content (AvgIpc) is 3.69. The second-order valence-electron chi connectivity index (χ2n) is 13.2. The van der Waals surface area contributed by atoms with E-state index in [0.29, 0.717) is 31.8 Å². The third kappa shape index (κ3) is 10.6. The van der Waals surface area contributed by atoms with Gasteiger partial charge in [0.1, 0.15) is 0 Å². The highest BCUT2D eigenvalue weighted by Gasteiger charge is 2.34. The number of hydrogen-bond donors (Lipinski definition) is 4. The van der Waals surface area contributed by atoms with Crippen molar-refractivity contribution in [1.82, 2.24) is 15.7 Å². The van der Waals surface area contributed by atoms with Crippen LogP contribution in [0.5, 0.6) is 0 Å². The number of aliphatic hydroxyl groups excluding tert-OH is 1. The summed E-state index contributed by atoms with van der Waals surface area (Å²) in [6.07, 6.45) is 9.69. The van der Waals surface area contributed by atoms with Crippen LogP contribution in [0, 0.1) is 0 Å². The van der Waals surface area contributed by atoms with Gasteiger partial charge in [0, 0.05) is 50.5 Å². The molecule has 2 fully saturated rings. The molecule has 0 spiro atoms. The zero-order valence-electron chi connectivity index (χ0n) is 28.4. The van der Waals surface area contributed by atoms with Gasteiger partial charge in [0.15, 0.2) is 6.29 Å². The van der Waals surface area contributed by atoms with Crippen LogP contribution in [0.3, 0.4) is 0 Å². The Balaban J connectivity index is 1.25. The Morgan fingerprint density at radius 2 is 1.57 bits per heavy atom. The fraction of sp³-hybridized carbons (Fsp3) is 0.450. The zero-order valence-corrected chi connectivity index (χ0v) is 28.4. The lowest BCUT2D eigenvalue weighted by molar-refractivity contribution is -0.253. The predicted octanol–water partition coefficient (Wildman–Crippen LogP) is 6.89. The molecular formula is C40H51N3O6. The largest absolute Gasteiger partial charge is 0.392 e. The minimum absolute atomic E-state index is 0.00889. The molecule has 1 saturated carbocycles. The summed E-state index contributed by atoms with van der Waals surface area (Å²) in [5, 5.41) is 21.2. The molecule has 262 valence electrons. The van der Waals surface area contributed by atoms with Gasteiger partial charge in [0.25, 0.3) is 0 Å². The lowest BCUT2D eigenvalue weighted by Gasteiger charge is -2.39. The van der Waals surface area contributed by atoms with Crippen molar-refractivity contribution >= 4 is 11.8 Å². The second-order valence-corrected chi connectivity index (χ2v) is 13.2. The molecule has 9 heteroatoms. The number of amides is 2. The molecule has 0 radical (unpaired) electrons. The van der Waals surface area contributed by atoms with Gasteiger partial charge in [0.05, 0.1) is 18.8 Å². The van der Waals surface area contributed by atoms with E-state index in [1.807, 2.05) is 48.5 Å². The molecule has 3 atom stereocenters. The van der Waals surface area contributed by atoms with Gasteiger partial charge in [-0.15, -0.1) is 6.58 Å². The minimum Gasteiger partial charge on any atom is -0.392 e. The number of unbranched alkanes of at least 4 members (excludes halogenated alkanes) is 2. The van der Waals surface area contributed by atoms with Crippen molar-refractivity contribution < 1.29 is 29.4 Å². The van der Waals surface area contributed by atoms with E-state index >= 15 is 0 Å². The number of hydroxylamine groups is 1. The molecule has 2 amide bonds. The highest BCUT2D eigenvalue weighted by Crippen LogP contribution is 2.39. The molecule has 1 saturated heterocycles. The lowest BCUT2D eigenvalue weighted by atomic mass is 9.97. The summed E-state index contributed by atoms with van der Waals surface area (Å²) >= 11 is 0. The van der Waals surface area contributed by atoms with E-state index in [2.05, 4.69) is 47.1 Å². The number of aliphatic hydroxyl groups is 1. The maximum atomic E-state index is 12.5. The van der Waals surface area contributed by atoms with Crippen LogP contribution in [-0.2, 0) is 32.2 Å². The zero-order chi connectivity index (χ0) is 34.4. The standard InChI is InChI=1S/C40H51N3O6/c1-2-24-43(34-11-7-8-12-34)27-35-25-37(31-18-16-29(28-44)17-19-31)49-40(48-35)32-22-20-30(21-23-32)36-13-9-6-10-33(36)26-41-38(45)14-4-3-5-15-39(46)42-47/h2,6,9-10,13,16-23,34-35,37,40,44,47H,1,3-5,7-8,11-12,14-15,24-28H2,(H,41,45)(H,42,46). The Morgan fingerprint density at radius 1 is 0.878 bits per heavy atom. The first-order valence-corrected chi connectivity index (χ1v) is 17.7. The number of carbonyl (C=O) groups is 2. The first kappa shape index (κ1) is 36.4. The molecule has 5 rings (SSSR count). The van der Waals surface area contributed by atoms with Crippen LogP contribution in [0.2, 0.25) is 0 Å². The number of rotatable bonds is 17. The van der Waals surface area contributed by atoms with Crippen molar-refractivity contribution in [3.05, 3.63) is 108 Å². The third-order valence-corrected chi connectivity index (χ3v) is 9.68. The van der Waals surface area contributed by atoms with E-state index in [1.54, 1.807) is 5.48 Å². The lowest BCUT2D eigenvalue weighted by Crippen LogP contribution is -2.43. The number of benzene rings is 3. The van der Waals surface area contributed by atoms with Gasteiger partial charge in [-0.25, -0.2) is 5.48 Å². The average molecular weight is 670 g/mol. The number of nitrogens with zero attached hydrogens (tertiary/aromatic N) is 1. The fourth-order valence-electron chi connectivity index (χ4n) is 6.96. The van der Waals surface area contributed by atoms with Crippen molar-refractivity contribution in [3.8, 4) is 11.1 Å². The Bertz CT molecular complexity index is 1490. The van der Waals surface area contributed by atoms with Gasteiger partial charge in [-0.3, -0.25) is 19.7 Å². The Kier molecular flexibility index (Phi) is 14.0. The molecule has 1 heterocycles. The van der Waals surface area contributed by atoms with E-state index in [-0.39, 0.29) is 31.1 Å². The van der Waals surface area contributed by atoms with E-state index in [1.165, 1.54) is 25.7 Å². The van der Waals surface area contributed by atoms with E-state index < -0.39 is 12.2 Å². The van der Waals surface area contributed by atoms with E-state index in [0.717, 1.165) is 59.3 Å². The minimum atomic E-state index is -0.531. The molecule has 1 aliphatic carbocycles. The first-order valence-electron chi connectivity index (χ1n) is 17.7. The highest BCUT2D eigenvalue weighted by molar-refractivity contribution is 5.76. The molecule has 3 aromatic carbocycles. The molecule has 2 aliphatic rings. The summed E-state index contributed by atoms with van der Waals surface area (Å²) in [6.45, 7) is 6.11. The van der Waals surface area contributed by atoms with Gasteiger partial charge < -0.3 is 19.9 Å². The molecule has 9 nitrogen and oxygen atoms in total. The summed E-state index contributed by atoms with van der Waals surface area (Å²) in [6, 6.07) is 24.9.